The van der Waals surface area contributed by atoms with Gasteiger partial charge in [-0.3, -0.25) is 9.89 Å². The smallest absolute Gasteiger partial charge is 0.219 e. The Morgan fingerprint density at radius 3 is 2.97 bits per heavy atom. The SMILES string of the molecule is C[C@@H](O)Cn1cc(C(=O)C2COc3ccc(F)cc3C2)c2cnc(-c3cn[nH]c3F)nc21. The van der Waals surface area contributed by atoms with E-state index in [-0.39, 0.29) is 36.1 Å². The highest BCUT2D eigenvalue weighted by Crippen LogP contribution is 2.32. The van der Waals surface area contributed by atoms with Crippen LogP contribution < -0.4 is 4.74 Å². The number of fused-ring (bicyclic) bond motifs is 2. The third kappa shape index (κ3) is 3.52. The molecule has 1 unspecified atom stereocenters. The average Bonchev–Trinajstić information content (AvgIpc) is 3.35. The van der Waals surface area contributed by atoms with Crippen molar-refractivity contribution in [2.45, 2.75) is 26.0 Å². The Hall–Kier alpha value is -3.66. The molecule has 2 N–H and O–H groups in total. The summed E-state index contributed by atoms with van der Waals surface area (Å²) in [5.41, 5.74) is 1.50. The van der Waals surface area contributed by atoms with Gasteiger partial charge in [0.15, 0.2) is 11.6 Å². The fourth-order valence-corrected chi connectivity index (χ4v) is 4.00. The third-order valence-electron chi connectivity index (χ3n) is 5.48. The minimum atomic E-state index is -0.703. The van der Waals surface area contributed by atoms with Crippen LogP contribution in [-0.2, 0) is 13.0 Å². The maximum atomic E-state index is 13.9. The summed E-state index contributed by atoms with van der Waals surface area (Å²) < 4.78 is 34.9. The normalized spacial score (nSPS) is 16.6. The van der Waals surface area contributed by atoms with Gasteiger partial charge < -0.3 is 14.4 Å². The van der Waals surface area contributed by atoms with Crippen molar-refractivity contribution in [2.24, 2.45) is 5.92 Å². The van der Waals surface area contributed by atoms with Crippen molar-refractivity contribution in [1.82, 2.24) is 24.7 Å². The number of Topliss-reactive ketones (excluding diaryl/α,β-unsaturated/α-hetero) is 1. The Morgan fingerprint density at radius 1 is 1.38 bits per heavy atom. The van der Waals surface area contributed by atoms with Crippen LogP contribution in [0.2, 0.25) is 0 Å². The summed E-state index contributed by atoms with van der Waals surface area (Å²) in [4.78, 5) is 22.0. The van der Waals surface area contributed by atoms with Crippen molar-refractivity contribution in [3.63, 3.8) is 0 Å². The Bertz CT molecular complexity index is 1330. The first-order valence-electron chi connectivity index (χ1n) is 10.1. The van der Waals surface area contributed by atoms with Crippen molar-refractivity contribution in [3.8, 4) is 17.1 Å². The first-order chi connectivity index (χ1) is 15.4. The highest BCUT2D eigenvalue weighted by Gasteiger charge is 2.30. The Balaban J connectivity index is 1.55. The number of ether oxygens (including phenoxy) is 1. The lowest BCUT2D eigenvalue weighted by Crippen LogP contribution is -2.28. The van der Waals surface area contributed by atoms with Crippen LogP contribution in [0.15, 0.2) is 36.8 Å². The van der Waals surface area contributed by atoms with E-state index in [1.165, 1.54) is 24.5 Å². The lowest BCUT2D eigenvalue weighted by atomic mass is 9.90. The minimum absolute atomic E-state index is 0.101. The standard InChI is InChI=1S/C22H19F2N5O3/c1-11(30)8-29-9-17(15-6-25-21(27-22(15)29)16-7-26-28-20(16)24)19(31)13-4-12-5-14(23)2-3-18(12)32-10-13/h2-3,5-7,9,11,13,30H,4,8,10H2,1H3,(H,26,28)/t11-,13?/m1/s1. The van der Waals surface area contributed by atoms with Gasteiger partial charge in [0.1, 0.15) is 17.2 Å². The molecule has 1 aliphatic heterocycles. The summed E-state index contributed by atoms with van der Waals surface area (Å²) in [5, 5.41) is 16.2. The lowest BCUT2D eigenvalue weighted by Gasteiger charge is -2.24. The van der Waals surface area contributed by atoms with Crippen LogP contribution >= 0.6 is 0 Å². The minimum Gasteiger partial charge on any atom is -0.493 e. The van der Waals surface area contributed by atoms with Crippen LogP contribution in [0.1, 0.15) is 22.8 Å². The topological polar surface area (TPSA) is 106 Å². The van der Waals surface area contributed by atoms with Crippen LogP contribution in [0.25, 0.3) is 22.4 Å². The average molecular weight is 439 g/mol. The number of rotatable bonds is 5. The highest BCUT2D eigenvalue weighted by molar-refractivity contribution is 6.08. The molecule has 1 aliphatic rings. The number of H-pyrrole nitrogens is 1. The Morgan fingerprint density at radius 2 is 2.22 bits per heavy atom. The molecule has 10 heteroatoms. The molecule has 0 saturated heterocycles. The van der Waals surface area contributed by atoms with Crippen LogP contribution in [0, 0.1) is 17.7 Å². The first-order valence-corrected chi connectivity index (χ1v) is 10.1. The number of aliphatic hydroxyl groups is 1. The monoisotopic (exact) mass is 439 g/mol. The van der Waals surface area contributed by atoms with Crippen molar-refractivity contribution in [1.29, 1.82) is 0 Å². The number of halogens is 2. The van der Waals surface area contributed by atoms with E-state index in [1.807, 2.05) is 0 Å². The predicted octanol–water partition coefficient (Wildman–Crippen LogP) is 2.91. The second-order valence-electron chi connectivity index (χ2n) is 7.90. The first kappa shape index (κ1) is 20.3. The molecular weight excluding hydrogens is 420 g/mol. The van der Waals surface area contributed by atoms with E-state index in [1.54, 1.807) is 23.8 Å². The molecule has 0 amide bonds. The highest BCUT2D eigenvalue weighted by atomic mass is 19.1. The number of nitrogens with zero attached hydrogens (tertiary/aromatic N) is 4. The molecule has 3 aromatic heterocycles. The van der Waals surface area contributed by atoms with E-state index in [4.69, 9.17) is 4.74 Å². The number of hydrogen-bond donors (Lipinski definition) is 2. The lowest BCUT2D eigenvalue weighted by molar-refractivity contribution is 0.0856. The van der Waals surface area contributed by atoms with E-state index < -0.39 is 18.0 Å². The van der Waals surface area contributed by atoms with Crippen molar-refractivity contribution >= 4 is 16.8 Å². The quantitative estimate of drug-likeness (QED) is 0.463. The van der Waals surface area contributed by atoms with E-state index in [0.717, 1.165) is 0 Å². The number of aromatic nitrogens is 5. The van der Waals surface area contributed by atoms with Gasteiger partial charge in [-0.2, -0.15) is 9.49 Å². The van der Waals surface area contributed by atoms with E-state index in [2.05, 4.69) is 20.2 Å². The Kier molecular flexibility index (Phi) is 4.93. The molecule has 32 heavy (non-hydrogen) atoms. The summed E-state index contributed by atoms with van der Waals surface area (Å²) in [7, 11) is 0. The van der Waals surface area contributed by atoms with Crippen LogP contribution in [0.4, 0.5) is 8.78 Å². The molecule has 0 fully saturated rings. The maximum absolute atomic E-state index is 13.9. The summed E-state index contributed by atoms with van der Waals surface area (Å²) in [6.45, 7) is 1.97. The van der Waals surface area contributed by atoms with Gasteiger partial charge in [0.2, 0.25) is 5.95 Å². The second-order valence-corrected chi connectivity index (χ2v) is 7.90. The largest absolute Gasteiger partial charge is 0.493 e. The van der Waals surface area contributed by atoms with Gasteiger partial charge in [-0.1, -0.05) is 0 Å². The molecule has 0 radical (unpaired) electrons. The van der Waals surface area contributed by atoms with Gasteiger partial charge in [-0.05, 0) is 37.1 Å². The van der Waals surface area contributed by atoms with Gasteiger partial charge in [-0.25, -0.2) is 14.4 Å². The molecule has 164 valence electrons. The summed E-state index contributed by atoms with van der Waals surface area (Å²) >= 11 is 0. The second kappa shape index (κ2) is 7.79. The fraction of sp³-hybridized carbons (Fsp3) is 0.273. The Labute approximate surface area is 180 Å². The molecule has 4 aromatic rings. The van der Waals surface area contributed by atoms with Gasteiger partial charge >= 0.3 is 0 Å². The molecule has 2 atom stereocenters. The van der Waals surface area contributed by atoms with Crippen LogP contribution in [-0.4, -0.2) is 48.3 Å². The van der Waals surface area contributed by atoms with E-state index >= 15 is 0 Å². The molecule has 1 aromatic carbocycles. The number of ketones is 1. The molecular formula is C22H19F2N5O3. The van der Waals surface area contributed by atoms with E-state index in [0.29, 0.717) is 34.3 Å². The fourth-order valence-electron chi connectivity index (χ4n) is 4.00. The zero-order valence-electron chi connectivity index (χ0n) is 17.0. The molecule has 8 nitrogen and oxygen atoms in total. The summed E-state index contributed by atoms with van der Waals surface area (Å²) in [5.74, 6) is -1.08. The number of aromatic amines is 1. The van der Waals surface area contributed by atoms with Gasteiger partial charge in [-0.15, -0.1) is 0 Å². The molecule has 0 aliphatic carbocycles. The van der Waals surface area contributed by atoms with Crippen LogP contribution in [0.3, 0.4) is 0 Å². The van der Waals surface area contributed by atoms with Crippen molar-refractivity contribution in [3.05, 3.63) is 59.7 Å². The summed E-state index contributed by atoms with van der Waals surface area (Å²) in [6, 6.07) is 4.26. The number of carbonyl (C=O) groups excluding carboxylic acids is 1. The number of benzene rings is 1. The molecule has 4 heterocycles. The number of hydrogen-bond acceptors (Lipinski definition) is 6. The zero-order valence-corrected chi connectivity index (χ0v) is 17.0. The van der Waals surface area contributed by atoms with E-state index in [9.17, 15) is 18.7 Å². The molecule has 5 rings (SSSR count). The molecule has 0 bridgehead atoms. The van der Waals surface area contributed by atoms with Gasteiger partial charge in [0, 0.05) is 29.9 Å². The van der Waals surface area contributed by atoms with Gasteiger partial charge in [0.05, 0.1) is 30.4 Å². The number of aliphatic hydroxyl groups excluding tert-OH is 1. The number of nitrogens with one attached hydrogen (secondary N) is 1. The predicted molar refractivity (Wildman–Crippen MR) is 110 cm³/mol. The van der Waals surface area contributed by atoms with Gasteiger partial charge in [0.25, 0.3) is 0 Å². The molecule has 0 saturated carbocycles. The molecule has 0 spiro atoms. The third-order valence-corrected chi connectivity index (χ3v) is 5.48. The van der Waals surface area contributed by atoms with Crippen molar-refractivity contribution in [2.75, 3.05) is 6.61 Å². The number of carbonyl (C=O) groups is 1. The van der Waals surface area contributed by atoms with Crippen LogP contribution in [0.5, 0.6) is 5.75 Å². The maximum Gasteiger partial charge on any atom is 0.219 e. The summed E-state index contributed by atoms with van der Waals surface area (Å²) in [6.07, 6.45) is 4.00. The zero-order chi connectivity index (χ0) is 22.4. The van der Waals surface area contributed by atoms with Crippen molar-refractivity contribution < 1.29 is 23.4 Å².